The van der Waals surface area contributed by atoms with Crippen LogP contribution < -0.4 is 9.47 Å². The average molecular weight is 310 g/mol. The molecule has 4 nitrogen and oxygen atoms in total. The summed E-state index contributed by atoms with van der Waals surface area (Å²) >= 11 is 0. The van der Waals surface area contributed by atoms with Gasteiger partial charge in [-0.25, -0.2) is 0 Å². The second-order valence-electron chi connectivity index (χ2n) is 6.29. The number of rotatable bonds is 6. The molecule has 2 aliphatic heterocycles. The SMILES string of the molecule is c1cc2c(c(OCC3CO3)c1)-c1c(cccc1OCC1CO1)C2. The van der Waals surface area contributed by atoms with E-state index >= 15 is 0 Å². The Hall–Kier alpha value is -2.04. The minimum atomic E-state index is 0.255. The highest BCUT2D eigenvalue weighted by Gasteiger charge is 2.29. The lowest BCUT2D eigenvalue weighted by molar-refractivity contribution is 0.261. The maximum Gasteiger partial charge on any atom is 0.127 e. The third-order valence-corrected chi connectivity index (χ3v) is 4.51. The molecule has 2 atom stereocenters. The van der Waals surface area contributed by atoms with E-state index in [2.05, 4.69) is 24.3 Å². The van der Waals surface area contributed by atoms with Crippen molar-refractivity contribution in [1.82, 2.24) is 0 Å². The van der Waals surface area contributed by atoms with Crippen molar-refractivity contribution in [2.75, 3.05) is 26.4 Å². The van der Waals surface area contributed by atoms with Gasteiger partial charge in [0, 0.05) is 11.1 Å². The van der Waals surface area contributed by atoms with Crippen LogP contribution >= 0.6 is 0 Å². The van der Waals surface area contributed by atoms with Crippen molar-refractivity contribution >= 4 is 0 Å². The van der Waals surface area contributed by atoms with Gasteiger partial charge in [0.15, 0.2) is 0 Å². The van der Waals surface area contributed by atoms with Gasteiger partial charge in [-0.05, 0) is 29.7 Å². The summed E-state index contributed by atoms with van der Waals surface area (Å²) in [6.45, 7) is 2.85. The first-order valence-corrected chi connectivity index (χ1v) is 8.11. The Labute approximate surface area is 134 Å². The number of fused-ring (bicyclic) bond motifs is 3. The van der Waals surface area contributed by atoms with Gasteiger partial charge in [0.1, 0.15) is 36.9 Å². The van der Waals surface area contributed by atoms with Crippen molar-refractivity contribution in [1.29, 1.82) is 0 Å². The van der Waals surface area contributed by atoms with Gasteiger partial charge in [0.2, 0.25) is 0 Å². The summed E-state index contributed by atoms with van der Waals surface area (Å²) in [6.07, 6.45) is 1.44. The Morgan fingerprint density at radius 1 is 0.783 bits per heavy atom. The normalized spacial score (nSPS) is 23.1. The van der Waals surface area contributed by atoms with E-state index in [1.165, 1.54) is 22.3 Å². The Bertz CT molecular complexity index is 684. The van der Waals surface area contributed by atoms with E-state index < -0.39 is 0 Å². The fraction of sp³-hybridized carbons (Fsp3) is 0.368. The number of hydrogen-bond acceptors (Lipinski definition) is 4. The molecule has 4 heteroatoms. The van der Waals surface area contributed by atoms with Crippen LogP contribution in [0.2, 0.25) is 0 Å². The van der Waals surface area contributed by atoms with Crippen molar-refractivity contribution in [3.05, 3.63) is 47.5 Å². The fourth-order valence-corrected chi connectivity index (χ4v) is 3.16. The summed E-state index contributed by atoms with van der Waals surface area (Å²) in [5, 5.41) is 0. The molecule has 2 aromatic carbocycles. The molecular weight excluding hydrogens is 292 g/mol. The molecule has 0 saturated carbocycles. The molecule has 118 valence electrons. The molecule has 0 bridgehead atoms. The van der Waals surface area contributed by atoms with Crippen molar-refractivity contribution < 1.29 is 18.9 Å². The molecule has 0 amide bonds. The first-order valence-electron chi connectivity index (χ1n) is 8.11. The van der Waals surface area contributed by atoms with E-state index in [1.807, 2.05) is 12.1 Å². The summed E-state index contributed by atoms with van der Waals surface area (Å²) in [7, 11) is 0. The Morgan fingerprint density at radius 3 is 1.70 bits per heavy atom. The Kier molecular flexibility index (Phi) is 3.06. The molecule has 2 heterocycles. The summed E-state index contributed by atoms with van der Waals surface area (Å²) < 4.78 is 22.5. The molecule has 2 aromatic rings. The number of epoxide rings is 2. The molecule has 0 radical (unpaired) electrons. The van der Waals surface area contributed by atoms with Gasteiger partial charge in [-0.3, -0.25) is 0 Å². The largest absolute Gasteiger partial charge is 0.490 e. The Balaban J connectivity index is 1.51. The van der Waals surface area contributed by atoms with Crippen LogP contribution in [0, 0.1) is 0 Å². The second-order valence-corrected chi connectivity index (χ2v) is 6.29. The maximum absolute atomic E-state index is 6.02. The lowest BCUT2D eigenvalue weighted by atomic mass is 10.0. The van der Waals surface area contributed by atoms with Crippen LogP contribution in [0.15, 0.2) is 36.4 Å². The zero-order chi connectivity index (χ0) is 15.2. The van der Waals surface area contributed by atoms with E-state index in [4.69, 9.17) is 18.9 Å². The predicted molar refractivity (Wildman–Crippen MR) is 85.2 cm³/mol. The van der Waals surface area contributed by atoms with Crippen LogP contribution in [0.5, 0.6) is 11.5 Å². The van der Waals surface area contributed by atoms with Crippen molar-refractivity contribution in [2.45, 2.75) is 18.6 Å². The summed E-state index contributed by atoms with van der Waals surface area (Å²) in [5.74, 6) is 1.85. The van der Waals surface area contributed by atoms with E-state index in [9.17, 15) is 0 Å². The first kappa shape index (κ1) is 13.4. The Morgan fingerprint density at radius 2 is 1.26 bits per heavy atom. The third kappa shape index (κ3) is 2.58. The molecule has 23 heavy (non-hydrogen) atoms. The molecule has 0 spiro atoms. The highest BCUT2D eigenvalue weighted by molar-refractivity contribution is 5.86. The van der Waals surface area contributed by atoms with Crippen LogP contribution in [0.3, 0.4) is 0 Å². The maximum atomic E-state index is 6.02. The summed E-state index contributed by atoms with van der Waals surface area (Å²) in [4.78, 5) is 0. The highest BCUT2D eigenvalue weighted by atomic mass is 16.6. The molecule has 2 fully saturated rings. The topological polar surface area (TPSA) is 43.5 Å². The van der Waals surface area contributed by atoms with Gasteiger partial charge >= 0.3 is 0 Å². The lowest BCUT2D eigenvalue weighted by Crippen LogP contribution is -2.06. The molecule has 2 saturated heterocycles. The monoisotopic (exact) mass is 310 g/mol. The van der Waals surface area contributed by atoms with Gasteiger partial charge < -0.3 is 18.9 Å². The van der Waals surface area contributed by atoms with Crippen molar-refractivity contribution in [2.24, 2.45) is 0 Å². The fourth-order valence-electron chi connectivity index (χ4n) is 3.16. The van der Waals surface area contributed by atoms with Gasteiger partial charge in [-0.2, -0.15) is 0 Å². The first-order chi connectivity index (χ1) is 11.4. The molecule has 2 unspecified atom stereocenters. The zero-order valence-electron chi connectivity index (χ0n) is 12.8. The van der Waals surface area contributed by atoms with Gasteiger partial charge in [-0.1, -0.05) is 24.3 Å². The van der Waals surface area contributed by atoms with Crippen LogP contribution in [-0.2, 0) is 15.9 Å². The summed E-state index contributed by atoms with van der Waals surface area (Å²) in [6, 6.07) is 12.5. The van der Waals surface area contributed by atoms with E-state index in [0.29, 0.717) is 13.2 Å². The second kappa shape index (κ2) is 5.25. The van der Waals surface area contributed by atoms with Gasteiger partial charge in [0.25, 0.3) is 0 Å². The van der Waals surface area contributed by atoms with Gasteiger partial charge in [0.05, 0.1) is 13.2 Å². The quantitative estimate of drug-likeness (QED) is 0.657. The zero-order valence-corrected chi connectivity index (χ0v) is 12.8. The third-order valence-electron chi connectivity index (χ3n) is 4.51. The molecule has 3 aliphatic rings. The number of ether oxygens (including phenoxy) is 4. The predicted octanol–water partition coefficient (Wildman–Crippen LogP) is 2.81. The lowest BCUT2D eigenvalue weighted by Gasteiger charge is -2.14. The molecular formula is C19H18O4. The smallest absolute Gasteiger partial charge is 0.127 e. The minimum absolute atomic E-state index is 0.255. The van der Waals surface area contributed by atoms with Crippen LogP contribution in [0.4, 0.5) is 0 Å². The average Bonchev–Trinajstić information content (AvgIpc) is 3.48. The number of benzene rings is 2. The van der Waals surface area contributed by atoms with E-state index in [0.717, 1.165) is 31.1 Å². The van der Waals surface area contributed by atoms with Crippen LogP contribution in [-0.4, -0.2) is 38.6 Å². The highest BCUT2D eigenvalue weighted by Crippen LogP contribution is 2.47. The summed E-state index contributed by atoms with van der Waals surface area (Å²) in [5.41, 5.74) is 4.95. The molecule has 0 aromatic heterocycles. The number of hydrogen-bond donors (Lipinski definition) is 0. The standard InChI is InChI=1S/C19H18O4/c1-3-12-7-13-4-2-6-17(23-11-15-9-21-15)19(13)18(12)16(5-1)22-10-14-8-20-14/h1-6,14-15H,7-11H2. The van der Waals surface area contributed by atoms with Crippen molar-refractivity contribution in [3.8, 4) is 22.6 Å². The molecule has 0 N–H and O–H groups in total. The van der Waals surface area contributed by atoms with Crippen molar-refractivity contribution in [3.63, 3.8) is 0 Å². The van der Waals surface area contributed by atoms with E-state index in [1.54, 1.807) is 0 Å². The molecule has 1 aliphatic carbocycles. The molecule has 5 rings (SSSR count). The van der Waals surface area contributed by atoms with Crippen LogP contribution in [0.1, 0.15) is 11.1 Å². The van der Waals surface area contributed by atoms with Crippen LogP contribution in [0.25, 0.3) is 11.1 Å². The minimum Gasteiger partial charge on any atom is -0.490 e. The van der Waals surface area contributed by atoms with E-state index in [-0.39, 0.29) is 12.2 Å². The van der Waals surface area contributed by atoms with Gasteiger partial charge in [-0.15, -0.1) is 0 Å².